The molecule has 2 N–H and O–H groups in total. The van der Waals surface area contributed by atoms with Gasteiger partial charge in [-0.05, 0) is 13.3 Å². The van der Waals surface area contributed by atoms with Gasteiger partial charge in [0.2, 0.25) is 5.91 Å². The van der Waals surface area contributed by atoms with Crippen LogP contribution >= 0.6 is 0 Å². The Morgan fingerprint density at radius 1 is 1.56 bits per heavy atom. The van der Waals surface area contributed by atoms with Crippen molar-refractivity contribution in [1.82, 2.24) is 4.90 Å². The molecule has 0 saturated heterocycles. The van der Waals surface area contributed by atoms with Gasteiger partial charge in [0.15, 0.2) is 0 Å². The molecule has 1 unspecified atom stereocenters. The number of nitrogens with two attached hydrogens (primary N) is 1. The van der Waals surface area contributed by atoms with Gasteiger partial charge in [0.25, 0.3) is 0 Å². The molecule has 0 aromatic carbocycles. The second-order valence-electron chi connectivity index (χ2n) is 3.58. The average molecular weight is 246 g/mol. The number of likely N-dealkylation sites (N-methyl/N-ethyl adjacent to an activating group) is 1. The van der Waals surface area contributed by atoms with Crippen LogP contribution in [-0.4, -0.2) is 50.4 Å². The highest BCUT2D eigenvalue weighted by Gasteiger charge is 2.20. The third-order valence-electron chi connectivity index (χ3n) is 2.09. The zero-order valence-electron chi connectivity index (χ0n) is 9.64. The van der Waals surface area contributed by atoms with Crippen molar-refractivity contribution in [3.63, 3.8) is 0 Å². The van der Waals surface area contributed by atoms with E-state index in [1.54, 1.807) is 6.92 Å². The van der Waals surface area contributed by atoms with Gasteiger partial charge in [-0.15, -0.1) is 6.42 Å². The van der Waals surface area contributed by atoms with E-state index < -0.39 is 15.9 Å². The minimum Gasteiger partial charge on any atom is -0.330 e. The van der Waals surface area contributed by atoms with Crippen LogP contribution in [0.15, 0.2) is 0 Å². The van der Waals surface area contributed by atoms with E-state index in [4.69, 9.17) is 12.2 Å². The van der Waals surface area contributed by atoms with Crippen molar-refractivity contribution in [2.75, 3.05) is 25.1 Å². The molecule has 6 heteroatoms. The van der Waals surface area contributed by atoms with Crippen LogP contribution in [0.3, 0.4) is 0 Å². The van der Waals surface area contributed by atoms with Crippen LogP contribution in [0.25, 0.3) is 0 Å². The summed E-state index contributed by atoms with van der Waals surface area (Å²) < 4.78 is 21.8. The largest absolute Gasteiger partial charge is 0.330 e. The maximum absolute atomic E-state index is 11.7. The Bertz CT molecular complexity index is 370. The van der Waals surface area contributed by atoms with Gasteiger partial charge in [-0.1, -0.05) is 5.92 Å². The van der Waals surface area contributed by atoms with Gasteiger partial charge in [-0.3, -0.25) is 4.79 Å². The number of sulfone groups is 1. The number of rotatable bonds is 6. The summed E-state index contributed by atoms with van der Waals surface area (Å²) in [5.41, 5.74) is 5.61. The summed E-state index contributed by atoms with van der Waals surface area (Å²) in [4.78, 5) is 13.1. The third-order valence-corrected chi connectivity index (χ3v) is 3.07. The fourth-order valence-electron chi connectivity index (χ4n) is 1.15. The van der Waals surface area contributed by atoms with Crippen molar-refractivity contribution < 1.29 is 13.2 Å². The molecule has 0 fully saturated rings. The predicted molar refractivity (Wildman–Crippen MR) is 63.4 cm³/mol. The molecule has 5 nitrogen and oxygen atoms in total. The van der Waals surface area contributed by atoms with Crippen LogP contribution in [0.5, 0.6) is 0 Å². The van der Waals surface area contributed by atoms with Gasteiger partial charge in [0.05, 0.1) is 18.3 Å². The van der Waals surface area contributed by atoms with E-state index in [-0.39, 0.29) is 24.6 Å². The molecule has 0 bridgehead atoms. The molecule has 1 atom stereocenters. The van der Waals surface area contributed by atoms with E-state index in [1.165, 1.54) is 4.90 Å². The molecule has 0 aromatic heterocycles. The Morgan fingerprint density at radius 2 is 2.12 bits per heavy atom. The highest BCUT2D eigenvalue weighted by Crippen LogP contribution is 1.99. The number of carbonyl (C=O) groups is 1. The van der Waals surface area contributed by atoms with E-state index in [9.17, 15) is 13.2 Å². The molecular weight excluding hydrogens is 228 g/mol. The SMILES string of the molecule is C#CCN(CC)C(=O)C(N)CCS(C)(=O)=O. The van der Waals surface area contributed by atoms with Crippen molar-refractivity contribution >= 4 is 15.7 Å². The van der Waals surface area contributed by atoms with E-state index in [2.05, 4.69) is 5.92 Å². The van der Waals surface area contributed by atoms with Gasteiger partial charge in [0, 0.05) is 12.8 Å². The number of nitrogens with zero attached hydrogens (tertiary/aromatic N) is 1. The van der Waals surface area contributed by atoms with Crippen LogP contribution in [0, 0.1) is 12.3 Å². The minimum absolute atomic E-state index is 0.0898. The van der Waals surface area contributed by atoms with Crippen LogP contribution in [0.1, 0.15) is 13.3 Å². The van der Waals surface area contributed by atoms with Crippen molar-refractivity contribution in [1.29, 1.82) is 0 Å². The zero-order valence-corrected chi connectivity index (χ0v) is 10.5. The van der Waals surface area contributed by atoms with E-state index in [0.717, 1.165) is 6.26 Å². The highest BCUT2D eigenvalue weighted by atomic mass is 32.2. The lowest BCUT2D eigenvalue weighted by atomic mass is 10.2. The van der Waals surface area contributed by atoms with Gasteiger partial charge in [0.1, 0.15) is 9.84 Å². The standard InChI is InChI=1S/C10H18N2O3S/c1-4-7-12(5-2)10(13)9(11)6-8-16(3,14)15/h1,9H,5-8,11H2,2-3H3. The van der Waals surface area contributed by atoms with Crippen molar-refractivity contribution in [3.8, 4) is 12.3 Å². The van der Waals surface area contributed by atoms with Gasteiger partial charge in [-0.25, -0.2) is 8.42 Å². The van der Waals surface area contributed by atoms with Crippen molar-refractivity contribution in [2.24, 2.45) is 5.73 Å². The molecule has 16 heavy (non-hydrogen) atoms. The molecule has 0 aliphatic rings. The average Bonchev–Trinajstić information content (AvgIpc) is 2.20. The Morgan fingerprint density at radius 3 is 2.50 bits per heavy atom. The Balaban J connectivity index is 4.33. The second-order valence-corrected chi connectivity index (χ2v) is 5.84. The number of carbonyl (C=O) groups excluding carboxylic acids is 1. The van der Waals surface area contributed by atoms with Crippen LogP contribution < -0.4 is 5.73 Å². The van der Waals surface area contributed by atoms with Crippen LogP contribution in [-0.2, 0) is 14.6 Å². The second kappa shape index (κ2) is 6.51. The maximum atomic E-state index is 11.7. The highest BCUT2D eigenvalue weighted by molar-refractivity contribution is 7.90. The first kappa shape index (κ1) is 14.9. The topological polar surface area (TPSA) is 80.5 Å². The molecule has 0 spiro atoms. The first-order valence-corrected chi connectivity index (χ1v) is 7.03. The van der Waals surface area contributed by atoms with E-state index >= 15 is 0 Å². The van der Waals surface area contributed by atoms with Crippen molar-refractivity contribution in [3.05, 3.63) is 0 Å². The molecular formula is C10H18N2O3S. The zero-order chi connectivity index (χ0) is 12.8. The summed E-state index contributed by atoms with van der Waals surface area (Å²) in [6.45, 7) is 2.45. The van der Waals surface area contributed by atoms with Crippen molar-refractivity contribution in [2.45, 2.75) is 19.4 Å². The molecule has 0 aliphatic heterocycles. The quantitative estimate of drug-likeness (QED) is 0.624. The van der Waals surface area contributed by atoms with Gasteiger partial charge >= 0.3 is 0 Å². The van der Waals surface area contributed by atoms with Gasteiger partial charge < -0.3 is 10.6 Å². The number of hydrogen-bond acceptors (Lipinski definition) is 4. The number of amides is 1. The van der Waals surface area contributed by atoms with E-state index in [1.807, 2.05) is 0 Å². The first-order valence-electron chi connectivity index (χ1n) is 4.97. The lowest BCUT2D eigenvalue weighted by Gasteiger charge is -2.21. The summed E-state index contributed by atoms with van der Waals surface area (Å²) in [7, 11) is -3.09. The predicted octanol–water partition coefficient (Wildman–Crippen LogP) is -0.770. The Hall–Kier alpha value is -1.06. The molecule has 0 aromatic rings. The number of hydrogen-bond donors (Lipinski definition) is 1. The van der Waals surface area contributed by atoms with Gasteiger partial charge in [-0.2, -0.15) is 0 Å². The minimum atomic E-state index is -3.09. The molecule has 0 heterocycles. The molecule has 0 saturated carbocycles. The molecule has 0 aliphatic carbocycles. The maximum Gasteiger partial charge on any atom is 0.240 e. The summed E-state index contributed by atoms with van der Waals surface area (Å²) in [6, 6.07) is -0.803. The molecule has 0 rings (SSSR count). The van der Waals surface area contributed by atoms with Crippen LogP contribution in [0.2, 0.25) is 0 Å². The monoisotopic (exact) mass is 246 g/mol. The summed E-state index contributed by atoms with van der Waals surface area (Å²) in [5.74, 6) is 1.97. The molecule has 0 radical (unpaired) electrons. The normalized spacial score (nSPS) is 12.9. The lowest BCUT2D eigenvalue weighted by molar-refractivity contribution is -0.131. The Labute approximate surface area is 96.9 Å². The third kappa shape index (κ3) is 5.73. The summed E-state index contributed by atoms with van der Waals surface area (Å²) in [6.07, 6.45) is 6.34. The summed E-state index contributed by atoms with van der Waals surface area (Å²) >= 11 is 0. The smallest absolute Gasteiger partial charge is 0.240 e. The van der Waals surface area contributed by atoms with E-state index in [0.29, 0.717) is 6.54 Å². The molecule has 1 amide bonds. The van der Waals surface area contributed by atoms with Crippen LogP contribution in [0.4, 0.5) is 0 Å². The Kier molecular flexibility index (Phi) is 6.08. The fourth-order valence-corrected chi connectivity index (χ4v) is 1.84. The first-order chi connectivity index (χ1) is 7.31. The number of terminal acetylenes is 1. The fraction of sp³-hybridized carbons (Fsp3) is 0.700. The lowest BCUT2D eigenvalue weighted by Crippen LogP contribution is -2.44. The molecule has 92 valence electrons. The summed E-state index contributed by atoms with van der Waals surface area (Å²) in [5, 5.41) is 0.